The Bertz CT molecular complexity index is 417. The largest absolute Gasteiger partial charge is 0.494 e. The first kappa shape index (κ1) is 16.5. The number of nitrogens with one attached hydrogen (secondary N) is 1. The van der Waals surface area contributed by atoms with Crippen molar-refractivity contribution in [3.63, 3.8) is 0 Å². The van der Waals surface area contributed by atoms with Gasteiger partial charge in [0.25, 0.3) is 0 Å². The molecule has 112 valence electrons. The summed E-state index contributed by atoms with van der Waals surface area (Å²) in [4.78, 5) is 11.3. The minimum Gasteiger partial charge on any atom is -0.494 e. The molecule has 1 aromatic rings. The SMILES string of the molecule is CCc1ccc(OCCCCC(C)(NC)C(N)=O)cc1. The highest BCUT2D eigenvalue weighted by Crippen LogP contribution is 2.15. The molecule has 4 nitrogen and oxygen atoms in total. The van der Waals surface area contributed by atoms with E-state index in [9.17, 15) is 4.79 Å². The standard InChI is InChI=1S/C16H26N2O2/c1-4-13-7-9-14(10-8-13)20-12-6-5-11-16(2,18-3)15(17)19/h7-10,18H,4-6,11-12H2,1-3H3,(H2,17,19). The second kappa shape index (κ2) is 7.90. The molecule has 0 fully saturated rings. The van der Waals surface area contributed by atoms with Crippen molar-refractivity contribution in [2.24, 2.45) is 5.73 Å². The summed E-state index contributed by atoms with van der Waals surface area (Å²) < 4.78 is 5.68. The number of ether oxygens (including phenoxy) is 1. The summed E-state index contributed by atoms with van der Waals surface area (Å²) in [6, 6.07) is 8.17. The number of nitrogens with two attached hydrogens (primary N) is 1. The van der Waals surface area contributed by atoms with Gasteiger partial charge in [-0.25, -0.2) is 0 Å². The number of hydrogen-bond donors (Lipinski definition) is 2. The van der Waals surface area contributed by atoms with Crippen molar-refractivity contribution in [2.75, 3.05) is 13.7 Å². The Morgan fingerprint density at radius 2 is 1.95 bits per heavy atom. The molecular weight excluding hydrogens is 252 g/mol. The van der Waals surface area contributed by atoms with E-state index in [0.29, 0.717) is 6.61 Å². The van der Waals surface area contributed by atoms with Crippen LogP contribution >= 0.6 is 0 Å². The monoisotopic (exact) mass is 278 g/mol. The molecule has 1 rings (SSSR count). The van der Waals surface area contributed by atoms with Crippen molar-refractivity contribution in [1.29, 1.82) is 0 Å². The number of primary amides is 1. The molecule has 1 unspecified atom stereocenters. The summed E-state index contributed by atoms with van der Waals surface area (Å²) in [6.45, 7) is 4.62. The van der Waals surface area contributed by atoms with E-state index >= 15 is 0 Å². The maximum atomic E-state index is 11.3. The first-order valence-corrected chi connectivity index (χ1v) is 7.22. The molecule has 0 saturated carbocycles. The zero-order valence-electron chi connectivity index (χ0n) is 12.7. The van der Waals surface area contributed by atoms with E-state index in [2.05, 4.69) is 24.4 Å². The molecule has 0 aliphatic heterocycles. The molecule has 20 heavy (non-hydrogen) atoms. The molecule has 0 bridgehead atoms. The second-order valence-corrected chi connectivity index (χ2v) is 5.25. The van der Waals surface area contributed by atoms with Crippen molar-refractivity contribution < 1.29 is 9.53 Å². The number of carbonyl (C=O) groups excluding carboxylic acids is 1. The molecule has 0 radical (unpaired) electrons. The fraction of sp³-hybridized carbons (Fsp3) is 0.562. The molecule has 0 aromatic heterocycles. The number of benzene rings is 1. The summed E-state index contributed by atoms with van der Waals surface area (Å²) in [5, 5.41) is 2.98. The van der Waals surface area contributed by atoms with Gasteiger partial charge >= 0.3 is 0 Å². The lowest BCUT2D eigenvalue weighted by Crippen LogP contribution is -2.51. The van der Waals surface area contributed by atoms with Gasteiger partial charge in [-0.2, -0.15) is 0 Å². The van der Waals surface area contributed by atoms with Crippen molar-refractivity contribution in [3.8, 4) is 5.75 Å². The summed E-state index contributed by atoms with van der Waals surface area (Å²) in [5.74, 6) is 0.588. The molecule has 4 heteroatoms. The lowest BCUT2D eigenvalue weighted by atomic mass is 9.94. The van der Waals surface area contributed by atoms with Crippen molar-refractivity contribution in [3.05, 3.63) is 29.8 Å². The molecule has 0 heterocycles. The van der Waals surface area contributed by atoms with Crippen LogP contribution in [0, 0.1) is 0 Å². The molecule has 1 atom stereocenters. The fourth-order valence-electron chi connectivity index (χ4n) is 1.96. The smallest absolute Gasteiger partial charge is 0.237 e. The summed E-state index contributed by atoms with van der Waals surface area (Å²) >= 11 is 0. The Hall–Kier alpha value is -1.55. The molecule has 1 aromatic carbocycles. The first-order valence-electron chi connectivity index (χ1n) is 7.22. The number of aryl methyl sites for hydroxylation is 1. The minimum atomic E-state index is -0.622. The average Bonchev–Trinajstić information content (AvgIpc) is 2.47. The van der Waals surface area contributed by atoms with E-state index in [1.165, 1.54) is 5.56 Å². The average molecular weight is 278 g/mol. The molecule has 0 spiro atoms. The molecule has 3 N–H and O–H groups in total. The number of hydrogen-bond acceptors (Lipinski definition) is 3. The lowest BCUT2D eigenvalue weighted by molar-refractivity contribution is -0.123. The highest BCUT2D eigenvalue weighted by atomic mass is 16.5. The third-order valence-electron chi connectivity index (χ3n) is 3.77. The highest BCUT2D eigenvalue weighted by Gasteiger charge is 2.27. The molecule has 0 saturated heterocycles. The topological polar surface area (TPSA) is 64.3 Å². The predicted molar refractivity (Wildman–Crippen MR) is 81.8 cm³/mol. The normalized spacial score (nSPS) is 13.8. The summed E-state index contributed by atoms with van der Waals surface area (Å²) in [7, 11) is 1.76. The maximum Gasteiger partial charge on any atom is 0.237 e. The van der Waals surface area contributed by atoms with Crippen molar-refractivity contribution >= 4 is 5.91 Å². The zero-order chi connectivity index (χ0) is 15.0. The Morgan fingerprint density at radius 1 is 1.30 bits per heavy atom. The number of unbranched alkanes of at least 4 members (excludes halogenated alkanes) is 1. The van der Waals surface area contributed by atoms with Crippen LogP contribution in [0.25, 0.3) is 0 Å². The lowest BCUT2D eigenvalue weighted by Gasteiger charge is -2.25. The van der Waals surface area contributed by atoms with Gasteiger partial charge in [-0.3, -0.25) is 4.79 Å². The Balaban J connectivity index is 2.26. The van der Waals surface area contributed by atoms with Crippen LogP contribution in [0.3, 0.4) is 0 Å². The Labute approximate surface area is 121 Å². The quantitative estimate of drug-likeness (QED) is 0.681. The van der Waals surface area contributed by atoms with E-state index in [1.54, 1.807) is 7.05 Å². The van der Waals surface area contributed by atoms with Crippen LogP contribution in [-0.2, 0) is 11.2 Å². The Kier molecular flexibility index (Phi) is 6.52. The van der Waals surface area contributed by atoms with Crippen LogP contribution in [0.4, 0.5) is 0 Å². The van der Waals surface area contributed by atoms with Gasteiger partial charge < -0.3 is 15.8 Å². The minimum absolute atomic E-state index is 0.309. The number of amides is 1. The first-order chi connectivity index (χ1) is 9.51. The van der Waals surface area contributed by atoms with E-state index < -0.39 is 5.54 Å². The number of carbonyl (C=O) groups is 1. The van der Waals surface area contributed by atoms with Gasteiger partial charge in [0.1, 0.15) is 5.75 Å². The predicted octanol–water partition coefficient (Wildman–Crippen LogP) is 2.26. The molecule has 0 aliphatic rings. The Morgan fingerprint density at radius 3 is 2.45 bits per heavy atom. The van der Waals surface area contributed by atoms with E-state index in [4.69, 9.17) is 10.5 Å². The number of rotatable bonds is 9. The van der Waals surface area contributed by atoms with Gasteiger partial charge in [0.15, 0.2) is 0 Å². The van der Waals surface area contributed by atoms with Gasteiger partial charge in [0.2, 0.25) is 5.91 Å². The van der Waals surface area contributed by atoms with Gasteiger partial charge in [-0.15, -0.1) is 0 Å². The molecule has 1 amide bonds. The number of likely N-dealkylation sites (N-methyl/N-ethyl adjacent to an activating group) is 1. The van der Waals surface area contributed by atoms with E-state index in [0.717, 1.165) is 31.4 Å². The van der Waals surface area contributed by atoms with Gasteiger partial charge in [-0.05, 0) is 57.4 Å². The van der Waals surface area contributed by atoms with Crippen LogP contribution < -0.4 is 15.8 Å². The van der Waals surface area contributed by atoms with Crippen molar-refractivity contribution in [2.45, 2.75) is 45.1 Å². The van der Waals surface area contributed by atoms with Crippen LogP contribution in [-0.4, -0.2) is 25.1 Å². The maximum absolute atomic E-state index is 11.3. The summed E-state index contributed by atoms with van der Waals surface area (Å²) in [6.07, 6.45) is 3.56. The van der Waals surface area contributed by atoms with Gasteiger partial charge in [0.05, 0.1) is 12.1 Å². The van der Waals surface area contributed by atoms with E-state index in [1.807, 2.05) is 19.1 Å². The van der Waals surface area contributed by atoms with Crippen molar-refractivity contribution in [1.82, 2.24) is 5.32 Å². The summed E-state index contributed by atoms with van der Waals surface area (Å²) in [5.41, 5.74) is 6.07. The fourth-order valence-corrected chi connectivity index (χ4v) is 1.96. The second-order valence-electron chi connectivity index (χ2n) is 5.25. The van der Waals surface area contributed by atoms with Crippen LogP contribution in [0.5, 0.6) is 5.75 Å². The van der Waals surface area contributed by atoms with Crippen LogP contribution in [0.1, 0.15) is 38.7 Å². The molecular formula is C16H26N2O2. The van der Waals surface area contributed by atoms with Gasteiger partial charge in [-0.1, -0.05) is 19.1 Å². The molecule has 0 aliphatic carbocycles. The van der Waals surface area contributed by atoms with Crippen LogP contribution in [0.2, 0.25) is 0 Å². The van der Waals surface area contributed by atoms with Crippen LogP contribution in [0.15, 0.2) is 24.3 Å². The van der Waals surface area contributed by atoms with E-state index in [-0.39, 0.29) is 5.91 Å². The highest BCUT2D eigenvalue weighted by molar-refractivity contribution is 5.84. The third-order valence-corrected chi connectivity index (χ3v) is 3.77. The van der Waals surface area contributed by atoms with Gasteiger partial charge in [0, 0.05) is 0 Å². The zero-order valence-corrected chi connectivity index (χ0v) is 12.7. The third kappa shape index (κ3) is 4.85.